The van der Waals surface area contributed by atoms with Crippen LogP contribution < -0.4 is 0 Å². The molecule has 0 aliphatic rings. The van der Waals surface area contributed by atoms with Crippen LogP contribution in [0.25, 0.3) is 0 Å². The van der Waals surface area contributed by atoms with Crippen molar-refractivity contribution in [3.8, 4) is 0 Å². The molecular weight excluding hydrogens is 222 g/mol. The van der Waals surface area contributed by atoms with Crippen molar-refractivity contribution in [1.82, 2.24) is 0 Å². The predicted octanol–water partition coefficient (Wildman–Crippen LogP) is -2.79. The van der Waals surface area contributed by atoms with E-state index < -0.39 is 12.8 Å². The summed E-state index contributed by atoms with van der Waals surface area (Å²) in [5.41, 5.74) is 0. The molecule has 0 amide bonds. The molecule has 0 rings (SSSR count). The summed E-state index contributed by atoms with van der Waals surface area (Å²) in [5, 5.41) is 0. The second kappa shape index (κ2) is 9.19. The fraction of sp³-hybridized carbons (Fsp3) is 1.00. The normalized spacial score (nSPS) is 9.45. The lowest BCUT2D eigenvalue weighted by atomic mass is 8.42. The Kier molecular flexibility index (Phi) is 9.64. The molecule has 0 aliphatic carbocycles. The average molecular weight is 237 g/mol. The zero-order chi connectivity index (χ0) is 16.2. The van der Waals surface area contributed by atoms with Crippen LogP contribution in [0, 0.1) is 0 Å². The summed E-state index contributed by atoms with van der Waals surface area (Å²) in [6.07, 6.45) is -1.40. The van der Waals surface area contributed by atoms with Gasteiger partial charge in [0.15, 0.2) is 0 Å². The Balaban J connectivity index is 5.66. The van der Waals surface area contributed by atoms with Gasteiger partial charge in [-0.15, -0.1) is 6.82 Å². The summed E-state index contributed by atoms with van der Waals surface area (Å²) >= 11 is 0. The van der Waals surface area contributed by atoms with Crippen LogP contribution in [0.5, 0.6) is 0 Å². The quantitative estimate of drug-likeness (QED) is 0.400. The summed E-state index contributed by atoms with van der Waals surface area (Å²) < 4.78 is 0. The Morgan fingerprint density at radius 1 is 0.500 bits per heavy atom. The maximum Gasteiger partial charge on any atom is 0.0842 e. The topological polar surface area (TPSA) is 0 Å². The summed E-state index contributed by atoms with van der Waals surface area (Å²) in [6, 6.07) is 0. The van der Waals surface area contributed by atoms with Gasteiger partial charge in [0.05, 0.1) is 13.2 Å². The van der Waals surface area contributed by atoms with Gasteiger partial charge in [-0.3, -0.25) is 0 Å². The minimum atomic E-state index is -0.607. The molecular formula is C5H15B15. The molecule has 0 aliphatic heterocycles. The maximum absolute atomic E-state index is 6.44. The van der Waals surface area contributed by atoms with E-state index in [0.717, 1.165) is 0 Å². The van der Waals surface area contributed by atoms with E-state index in [-0.39, 0.29) is 38.6 Å². The fourth-order valence-corrected chi connectivity index (χ4v) is 3.39. The van der Waals surface area contributed by atoms with Gasteiger partial charge in [0, 0.05) is 91.2 Å². The number of hydrogen-bond donors (Lipinski definition) is 0. The molecule has 0 fully saturated rings. The van der Waals surface area contributed by atoms with E-state index in [1.165, 1.54) is 0 Å². The lowest BCUT2D eigenvalue weighted by Crippen LogP contribution is -2.78. The molecule has 20 heavy (non-hydrogen) atoms. The van der Waals surface area contributed by atoms with Crippen LogP contribution in [0.1, 0.15) is 0 Å². The van der Waals surface area contributed by atoms with Gasteiger partial charge < -0.3 is 0 Å². The Morgan fingerprint density at radius 2 is 0.900 bits per heavy atom. The van der Waals surface area contributed by atoms with E-state index in [9.17, 15) is 0 Å². The van der Waals surface area contributed by atoms with Crippen LogP contribution in [0.2, 0.25) is 34.1 Å². The van der Waals surface area contributed by atoms with Gasteiger partial charge in [0.2, 0.25) is 0 Å². The van der Waals surface area contributed by atoms with E-state index in [0.29, 0.717) is 6.60 Å². The van der Waals surface area contributed by atoms with Gasteiger partial charge in [0.25, 0.3) is 0 Å². The van der Waals surface area contributed by atoms with E-state index in [1.807, 2.05) is 6.82 Å². The standard InChI is InChI=1S/C5H15B15/c1-12(2)17(11)20(18(13(3)4)14(5)6)19(15(7)8)16(9)10/h1-5H3. The summed E-state index contributed by atoms with van der Waals surface area (Å²) in [6.45, 7) is 11.0. The van der Waals surface area contributed by atoms with Crippen molar-refractivity contribution in [2.45, 2.75) is 34.1 Å². The van der Waals surface area contributed by atoms with Crippen LogP contribution >= 0.6 is 0 Å². The van der Waals surface area contributed by atoms with Gasteiger partial charge in [-0.2, -0.15) is 0 Å². The minimum absolute atomic E-state index is 0.00463. The third-order valence-electron chi connectivity index (χ3n) is 4.37. The van der Waals surface area contributed by atoms with E-state index in [2.05, 4.69) is 27.3 Å². The van der Waals surface area contributed by atoms with Crippen molar-refractivity contribution >= 4 is 104 Å². The van der Waals surface area contributed by atoms with Crippen LogP contribution in [-0.2, 0) is 0 Å². The summed E-state index contributed by atoms with van der Waals surface area (Å²) in [7, 11) is 36.4. The van der Waals surface area contributed by atoms with E-state index in [4.69, 9.17) is 46.4 Å². The average Bonchev–Trinajstić information content (AvgIpc) is 2.24. The largest absolute Gasteiger partial charge is 0.101 e. The van der Waals surface area contributed by atoms with Crippen LogP contribution in [0.15, 0.2) is 0 Å². The molecule has 0 aromatic rings. The van der Waals surface area contributed by atoms with Crippen LogP contribution in [0.3, 0.4) is 0 Å². The molecule has 0 spiro atoms. The van der Waals surface area contributed by atoms with Gasteiger partial charge in [-0.25, -0.2) is 0 Å². The van der Waals surface area contributed by atoms with Gasteiger partial charge in [0.1, 0.15) is 0 Å². The third-order valence-corrected chi connectivity index (χ3v) is 4.37. The number of hydrogen-bond acceptors (Lipinski definition) is 0. The SMILES string of the molecule is [B]B([B])B(B([B])[B])B(B([B])B(C)C)B(B([B])C)B(C)C. The Labute approximate surface area is 138 Å². The molecule has 0 bridgehead atoms. The molecule has 0 N–H and O–H groups in total. The number of rotatable bonds is 8. The highest BCUT2D eigenvalue weighted by Crippen LogP contribution is 2.09. The van der Waals surface area contributed by atoms with Crippen molar-refractivity contribution in [2.24, 2.45) is 0 Å². The molecule has 0 heterocycles. The first-order chi connectivity index (χ1) is 9.02. The zero-order valence-electron chi connectivity index (χ0n) is 13.7. The monoisotopic (exact) mass is 240 g/mol. The Morgan fingerprint density at radius 3 is 1.10 bits per heavy atom. The van der Waals surface area contributed by atoms with Crippen molar-refractivity contribution in [3.63, 3.8) is 0 Å². The molecule has 0 atom stereocenters. The molecule has 15 heteroatoms. The summed E-state index contributed by atoms with van der Waals surface area (Å²) in [5.74, 6) is 0. The predicted molar refractivity (Wildman–Crippen MR) is 116 cm³/mol. The minimum Gasteiger partial charge on any atom is -0.101 e. The lowest BCUT2D eigenvalue weighted by molar-refractivity contribution is 2.09. The van der Waals surface area contributed by atoms with Crippen molar-refractivity contribution in [2.75, 3.05) is 0 Å². The van der Waals surface area contributed by atoms with Crippen LogP contribution in [0.4, 0.5) is 0 Å². The highest BCUT2D eigenvalue weighted by Gasteiger charge is 2.45. The van der Waals surface area contributed by atoms with Crippen LogP contribution in [-0.4, -0.2) is 104 Å². The zero-order valence-corrected chi connectivity index (χ0v) is 13.7. The molecule has 0 aromatic carbocycles. The first kappa shape index (κ1) is 21.0. The maximum atomic E-state index is 6.44. The molecule has 12 radical (unpaired) electrons. The van der Waals surface area contributed by atoms with E-state index in [1.54, 1.807) is 0 Å². The molecule has 0 unspecified atom stereocenters. The third kappa shape index (κ3) is 5.64. The van der Waals surface area contributed by atoms with Gasteiger partial charge >= 0.3 is 0 Å². The van der Waals surface area contributed by atoms with E-state index >= 15 is 0 Å². The molecule has 0 nitrogen and oxygen atoms in total. The lowest BCUT2D eigenvalue weighted by Gasteiger charge is -2.41. The second-order valence-corrected chi connectivity index (χ2v) is 6.81. The first-order valence-electron chi connectivity index (χ1n) is 7.55. The van der Waals surface area contributed by atoms with Crippen molar-refractivity contribution < 1.29 is 0 Å². The summed E-state index contributed by atoms with van der Waals surface area (Å²) in [4.78, 5) is 0. The Hall–Kier alpha value is 0.974. The second-order valence-electron chi connectivity index (χ2n) is 6.81. The molecule has 0 saturated heterocycles. The van der Waals surface area contributed by atoms with Gasteiger partial charge in [-0.05, 0) is 0 Å². The van der Waals surface area contributed by atoms with Crippen molar-refractivity contribution in [3.05, 3.63) is 0 Å². The smallest absolute Gasteiger partial charge is 0.0842 e. The molecule has 0 aromatic heterocycles. The fourth-order valence-electron chi connectivity index (χ4n) is 3.39. The Bertz CT molecular complexity index is 227. The molecule has 80 valence electrons. The highest BCUT2D eigenvalue weighted by atomic mass is 13.4. The highest BCUT2D eigenvalue weighted by molar-refractivity contribution is 8.14. The first-order valence-corrected chi connectivity index (χ1v) is 7.55. The molecule has 0 saturated carbocycles. The van der Waals surface area contributed by atoms with Crippen molar-refractivity contribution in [1.29, 1.82) is 0 Å². The van der Waals surface area contributed by atoms with Gasteiger partial charge in [-0.1, -0.05) is 27.3 Å².